The van der Waals surface area contributed by atoms with E-state index in [0.29, 0.717) is 17.0 Å². The van der Waals surface area contributed by atoms with Crippen LogP contribution < -0.4 is 10.6 Å². The molecule has 8 heteroatoms. The van der Waals surface area contributed by atoms with Crippen LogP contribution >= 0.6 is 11.3 Å². The number of amides is 1. The summed E-state index contributed by atoms with van der Waals surface area (Å²) in [5.74, 6) is -2.25. The topological polar surface area (TPSA) is 81.6 Å². The summed E-state index contributed by atoms with van der Waals surface area (Å²) in [6, 6.07) is 22.2. The molecule has 1 unspecified atom stereocenters. The average Bonchev–Trinajstić information content (AvgIpc) is 3.48. The quantitative estimate of drug-likeness (QED) is 0.206. The average molecular weight is 551 g/mol. The molecule has 4 N–H and O–H groups in total. The van der Waals surface area contributed by atoms with Crippen molar-refractivity contribution in [1.82, 2.24) is 10.6 Å². The van der Waals surface area contributed by atoms with Gasteiger partial charge in [-0.05, 0) is 58.7 Å². The molecule has 1 amide bonds. The van der Waals surface area contributed by atoms with Crippen LogP contribution in [0.3, 0.4) is 0 Å². The van der Waals surface area contributed by atoms with Gasteiger partial charge >= 0.3 is 0 Å². The van der Waals surface area contributed by atoms with Crippen molar-refractivity contribution in [3.8, 4) is 0 Å². The van der Waals surface area contributed by atoms with Crippen LogP contribution in [0.4, 0.5) is 8.78 Å². The first kappa shape index (κ1) is 28.6. The number of hydrogen-bond acceptors (Lipinski definition) is 5. The maximum absolute atomic E-state index is 13.9. The molecular weight excluding hydrogens is 518 g/mol. The highest BCUT2D eigenvalue weighted by Gasteiger charge is 2.42. The summed E-state index contributed by atoms with van der Waals surface area (Å²) in [5.41, 5.74) is 0.859. The first-order valence-corrected chi connectivity index (χ1v) is 13.7. The summed E-state index contributed by atoms with van der Waals surface area (Å²) >= 11 is 1.23. The van der Waals surface area contributed by atoms with E-state index in [1.807, 2.05) is 18.2 Å². The maximum Gasteiger partial charge on any atom is 0.262 e. The predicted octanol–water partition coefficient (Wildman–Crippen LogP) is 4.70. The number of hydrogen-bond donors (Lipinski definition) is 4. The van der Waals surface area contributed by atoms with Crippen molar-refractivity contribution >= 4 is 17.2 Å². The highest BCUT2D eigenvalue weighted by Crippen LogP contribution is 2.33. The first-order valence-electron chi connectivity index (χ1n) is 12.8. The van der Waals surface area contributed by atoms with Gasteiger partial charge in [-0.15, -0.1) is 11.3 Å². The lowest BCUT2D eigenvalue weighted by Gasteiger charge is -2.31. The van der Waals surface area contributed by atoms with Gasteiger partial charge in [-0.2, -0.15) is 0 Å². The largest absolute Gasteiger partial charge is 0.390 e. The van der Waals surface area contributed by atoms with Crippen molar-refractivity contribution in [2.45, 2.75) is 44.1 Å². The lowest BCUT2D eigenvalue weighted by atomic mass is 9.90. The van der Waals surface area contributed by atoms with Crippen LogP contribution in [-0.2, 0) is 29.8 Å². The second-order valence-corrected chi connectivity index (χ2v) is 10.4. The number of thiophene rings is 1. The predicted molar refractivity (Wildman–Crippen MR) is 149 cm³/mol. The molecule has 4 aromatic rings. The molecule has 39 heavy (non-hydrogen) atoms. The van der Waals surface area contributed by atoms with Gasteiger partial charge in [0.2, 0.25) is 5.60 Å². The van der Waals surface area contributed by atoms with Gasteiger partial charge in [-0.3, -0.25) is 4.79 Å². The van der Waals surface area contributed by atoms with E-state index in [2.05, 4.69) is 23.6 Å². The molecule has 3 atom stereocenters. The van der Waals surface area contributed by atoms with Crippen LogP contribution in [-0.4, -0.2) is 34.8 Å². The Morgan fingerprint density at radius 2 is 1.64 bits per heavy atom. The summed E-state index contributed by atoms with van der Waals surface area (Å²) < 4.78 is 27.9. The van der Waals surface area contributed by atoms with Crippen molar-refractivity contribution < 1.29 is 23.8 Å². The van der Waals surface area contributed by atoms with Gasteiger partial charge in [0.25, 0.3) is 5.91 Å². The normalized spacial score (nSPS) is 14.4. The van der Waals surface area contributed by atoms with E-state index in [1.165, 1.54) is 29.0 Å². The molecule has 0 aliphatic rings. The molecule has 3 aromatic carbocycles. The molecule has 5 nitrogen and oxygen atoms in total. The number of aryl methyl sites for hydroxylation is 1. The van der Waals surface area contributed by atoms with Crippen molar-refractivity contribution in [3.63, 3.8) is 0 Å². The van der Waals surface area contributed by atoms with E-state index in [1.54, 1.807) is 47.8 Å². The molecule has 1 aromatic heterocycles. The molecule has 0 fully saturated rings. The second kappa shape index (κ2) is 13.1. The Hall–Kier alpha value is -3.43. The zero-order valence-corrected chi connectivity index (χ0v) is 22.4. The molecule has 0 saturated carbocycles. The Balaban J connectivity index is 1.57. The van der Waals surface area contributed by atoms with Crippen LogP contribution in [0.1, 0.15) is 34.1 Å². The zero-order chi connectivity index (χ0) is 27.8. The van der Waals surface area contributed by atoms with Crippen molar-refractivity contribution in [1.29, 1.82) is 0 Å². The van der Waals surface area contributed by atoms with Gasteiger partial charge in [0.15, 0.2) is 0 Å². The molecular formula is C31H32F2N2O3S. The number of aliphatic hydroxyl groups is 2. The number of benzene rings is 3. The monoisotopic (exact) mass is 550 g/mol. The second-order valence-electron chi connectivity index (χ2n) is 9.49. The molecule has 0 aliphatic heterocycles. The van der Waals surface area contributed by atoms with E-state index >= 15 is 0 Å². The first-order chi connectivity index (χ1) is 18.8. The summed E-state index contributed by atoms with van der Waals surface area (Å²) in [6.45, 7) is 2.66. The van der Waals surface area contributed by atoms with Gasteiger partial charge in [-0.1, -0.05) is 67.6 Å². The SMILES string of the molecule is CCc1cccc(CNC[C@@H](O)[C@H](Cc2cc(F)cc(F)c2)NC(=O)C(O)(c2ccccc2)c2cccs2)c1. The van der Waals surface area contributed by atoms with Crippen LogP contribution in [0, 0.1) is 11.6 Å². The Kier molecular flexibility index (Phi) is 9.59. The molecule has 4 rings (SSSR count). The fraction of sp³-hybridized carbons (Fsp3) is 0.258. The van der Waals surface area contributed by atoms with Crippen LogP contribution in [0.5, 0.6) is 0 Å². The third-order valence-electron chi connectivity index (χ3n) is 6.64. The van der Waals surface area contributed by atoms with E-state index in [4.69, 9.17) is 0 Å². The Morgan fingerprint density at radius 3 is 2.31 bits per heavy atom. The van der Waals surface area contributed by atoms with Crippen molar-refractivity contribution in [2.24, 2.45) is 0 Å². The Bertz CT molecular complexity index is 1350. The van der Waals surface area contributed by atoms with Crippen molar-refractivity contribution in [3.05, 3.63) is 129 Å². The summed E-state index contributed by atoms with van der Waals surface area (Å²) in [5, 5.41) is 30.7. The number of carbonyl (C=O) groups is 1. The smallest absolute Gasteiger partial charge is 0.262 e. The highest BCUT2D eigenvalue weighted by atomic mass is 32.1. The molecule has 1 heterocycles. The minimum atomic E-state index is -2.02. The van der Waals surface area contributed by atoms with Gasteiger partial charge in [0.05, 0.1) is 17.0 Å². The van der Waals surface area contributed by atoms with Gasteiger partial charge in [0, 0.05) is 19.2 Å². The van der Waals surface area contributed by atoms with Crippen LogP contribution in [0.25, 0.3) is 0 Å². The maximum atomic E-state index is 13.9. The highest BCUT2D eigenvalue weighted by molar-refractivity contribution is 7.10. The molecule has 0 saturated heterocycles. The third-order valence-corrected chi connectivity index (χ3v) is 7.62. The fourth-order valence-corrected chi connectivity index (χ4v) is 5.40. The van der Waals surface area contributed by atoms with Gasteiger partial charge in [-0.25, -0.2) is 8.78 Å². The minimum absolute atomic E-state index is 0.0517. The Morgan fingerprint density at radius 1 is 0.923 bits per heavy atom. The number of nitrogens with one attached hydrogen (secondary N) is 2. The van der Waals surface area contributed by atoms with E-state index in [0.717, 1.165) is 18.1 Å². The van der Waals surface area contributed by atoms with Gasteiger partial charge in [0.1, 0.15) is 11.6 Å². The number of carbonyl (C=O) groups excluding carboxylic acids is 1. The summed E-state index contributed by atoms with van der Waals surface area (Å²) in [4.78, 5) is 14.1. The summed E-state index contributed by atoms with van der Waals surface area (Å²) in [7, 11) is 0. The minimum Gasteiger partial charge on any atom is -0.390 e. The zero-order valence-electron chi connectivity index (χ0n) is 21.6. The number of halogens is 2. The molecule has 204 valence electrons. The van der Waals surface area contributed by atoms with Crippen molar-refractivity contribution in [2.75, 3.05) is 6.54 Å². The van der Waals surface area contributed by atoms with E-state index in [-0.39, 0.29) is 18.5 Å². The molecule has 0 spiro atoms. The number of rotatable bonds is 12. The lowest BCUT2D eigenvalue weighted by molar-refractivity contribution is -0.138. The molecule has 0 bridgehead atoms. The Labute approximate surface area is 231 Å². The molecule has 0 radical (unpaired) electrons. The standard InChI is InChI=1S/C31H32F2N2O3S/c1-2-21-8-6-9-22(14-21)19-34-20-28(36)27(17-23-15-25(32)18-26(33)16-23)35-30(37)31(38,29-12-7-13-39-29)24-10-4-3-5-11-24/h3-16,18,27-28,34,36,38H,2,17,19-20H2,1H3,(H,35,37)/t27-,28+,31?/m0/s1. The van der Waals surface area contributed by atoms with Gasteiger partial charge < -0.3 is 20.8 Å². The third kappa shape index (κ3) is 7.16. The van der Waals surface area contributed by atoms with E-state index < -0.39 is 35.3 Å². The van der Waals surface area contributed by atoms with Crippen LogP contribution in [0.2, 0.25) is 0 Å². The summed E-state index contributed by atoms with van der Waals surface area (Å²) in [6.07, 6.45) is -0.272. The molecule has 0 aliphatic carbocycles. The van der Waals surface area contributed by atoms with E-state index in [9.17, 15) is 23.8 Å². The lowest BCUT2D eigenvalue weighted by Crippen LogP contribution is -2.54. The number of aliphatic hydroxyl groups excluding tert-OH is 1. The fourth-order valence-electron chi connectivity index (χ4n) is 4.55. The van der Waals surface area contributed by atoms with Crippen LogP contribution in [0.15, 0.2) is 90.3 Å².